The van der Waals surface area contributed by atoms with E-state index < -0.39 is 5.41 Å². The molecule has 0 bridgehead atoms. The summed E-state index contributed by atoms with van der Waals surface area (Å²) in [6.07, 6.45) is 2.22. The zero-order valence-electron chi connectivity index (χ0n) is 38.5. The van der Waals surface area contributed by atoms with Gasteiger partial charge in [0.2, 0.25) is 0 Å². The molecule has 0 unspecified atom stereocenters. The van der Waals surface area contributed by atoms with E-state index in [9.17, 15) is 0 Å². The van der Waals surface area contributed by atoms with Crippen molar-refractivity contribution in [3.05, 3.63) is 282 Å². The van der Waals surface area contributed by atoms with Crippen molar-refractivity contribution in [3.63, 3.8) is 0 Å². The molecule has 0 amide bonds. The highest BCUT2D eigenvalue weighted by molar-refractivity contribution is 6.22. The summed E-state index contributed by atoms with van der Waals surface area (Å²) in [5.41, 5.74) is 21.4. The molecule has 69 heavy (non-hydrogen) atoms. The summed E-state index contributed by atoms with van der Waals surface area (Å²) in [6, 6.07) is 90.2. The number of aromatic nitrogens is 2. The molecule has 0 saturated carbocycles. The van der Waals surface area contributed by atoms with Crippen LogP contribution >= 0.6 is 0 Å². The lowest BCUT2D eigenvalue weighted by atomic mass is 9.67. The Labute approximate surface area is 402 Å². The molecular weight excluding hydrogens is 835 g/mol. The maximum atomic E-state index is 2.52. The molecule has 10 aromatic carbocycles. The molecule has 2 aliphatic rings. The fourth-order valence-electron chi connectivity index (χ4n) is 12.4. The molecule has 2 aliphatic carbocycles. The minimum atomic E-state index is -0.539. The van der Waals surface area contributed by atoms with Gasteiger partial charge < -0.3 is 14.0 Å². The highest BCUT2D eigenvalue weighted by Crippen LogP contribution is 2.58. The number of anilines is 3. The average Bonchev–Trinajstić information content (AvgIpc) is 4.13. The third kappa shape index (κ3) is 5.62. The number of hydrogen-bond donors (Lipinski definition) is 0. The first kappa shape index (κ1) is 39.5. The normalized spacial score (nSPS) is 13.9. The minimum absolute atomic E-state index is 0.173. The van der Waals surface area contributed by atoms with Gasteiger partial charge in [0.15, 0.2) is 0 Å². The molecule has 0 radical (unpaired) electrons. The van der Waals surface area contributed by atoms with Gasteiger partial charge in [0, 0.05) is 56.2 Å². The third-order valence-corrected chi connectivity index (χ3v) is 15.4. The lowest BCUT2D eigenvalue weighted by Gasteiger charge is -2.35. The van der Waals surface area contributed by atoms with Crippen LogP contribution < -0.4 is 4.90 Å². The first-order chi connectivity index (χ1) is 34.0. The second-order valence-electron chi connectivity index (χ2n) is 19.3. The molecule has 0 N–H and O–H groups in total. The smallest absolute Gasteiger partial charge is 0.0714 e. The predicted molar refractivity (Wildman–Crippen MR) is 287 cm³/mol. The number of fused-ring (bicyclic) bond motifs is 11. The summed E-state index contributed by atoms with van der Waals surface area (Å²) in [5.74, 6) is 0. The summed E-state index contributed by atoms with van der Waals surface area (Å²) < 4.78 is 4.75. The first-order valence-electron chi connectivity index (χ1n) is 24.1. The van der Waals surface area contributed by atoms with Crippen LogP contribution in [0.25, 0.3) is 66.3 Å². The summed E-state index contributed by atoms with van der Waals surface area (Å²) >= 11 is 0. The van der Waals surface area contributed by atoms with E-state index in [4.69, 9.17) is 0 Å². The molecule has 2 aromatic heterocycles. The van der Waals surface area contributed by atoms with Crippen LogP contribution in [0.1, 0.15) is 47.2 Å². The number of para-hydroxylation sites is 2. The van der Waals surface area contributed by atoms with Crippen LogP contribution in [-0.2, 0) is 10.8 Å². The fourth-order valence-corrected chi connectivity index (χ4v) is 12.4. The van der Waals surface area contributed by atoms with Gasteiger partial charge in [-0.15, -0.1) is 0 Å². The Kier molecular flexibility index (Phi) is 8.54. The van der Waals surface area contributed by atoms with Crippen LogP contribution in [0.15, 0.2) is 249 Å². The molecule has 14 rings (SSSR count). The van der Waals surface area contributed by atoms with Crippen molar-refractivity contribution < 1.29 is 0 Å². The van der Waals surface area contributed by atoms with Gasteiger partial charge in [0.25, 0.3) is 0 Å². The molecule has 3 heteroatoms. The Morgan fingerprint density at radius 2 is 0.826 bits per heavy atom. The molecule has 0 atom stereocenters. The van der Waals surface area contributed by atoms with E-state index in [1.54, 1.807) is 0 Å². The lowest BCUT2D eigenvalue weighted by Crippen LogP contribution is -2.28. The Balaban J connectivity index is 1.06. The second kappa shape index (κ2) is 14.9. The van der Waals surface area contributed by atoms with Crippen molar-refractivity contribution in [3.8, 4) is 33.6 Å². The SMILES string of the molecule is CC1(C)c2ccccc2-c2ccc(N(c3ccc4c(c3)C(c3ccccc3)(c3ccccc3)c3ccccc3-4)c3ccc4c(c3)c3c5ccn(-c6ccccc6)c5ccc3n4-c3ccccc3)cc21. The van der Waals surface area contributed by atoms with Crippen molar-refractivity contribution >= 4 is 49.8 Å². The van der Waals surface area contributed by atoms with E-state index in [1.807, 2.05) is 0 Å². The van der Waals surface area contributed by atoms with Gasteiger partial charge in [0.05, 0.1) is 22.0 Å². The zero-order chi connectivity index (χ0) is 45.8. The Morgan fingerprint density at radius 3 is 1.49 bits per heavy atom. The van der Waals surface area contributed by atoms with Gasteiger partial charge in [0.1, 0.15) is 0 Å². The first-order valence-corrected chi connectivity index (χ1v) is 24.1. The average molecular weight is 882 g/mol. The summed E-state index contributed by atoms with van der Waals surface area (Å²) in [6.45, 7) is 4.76. The van der Waals surface area contributed by atoms with Gasteiger partial charge in [-0.2, -0.15) is 0 Å². The predicted octanol–water partition coefficient (Wildman–Crippen LogP) is 16.9. The van der Waals surface area contributed by atoms with E-state index >= 15 is 0 Å². The molecule has 326 valence electrons. The maximum Gasteiger partial charge on any atom is 0.0714 e. The molecular formula is C66H47N3. The Morgan fingerprint density at radius 1 is 0.348 bits per heavy atom. The van der Waals surface area contributed by atoms with Crippen LogP contribution in [0.4, 0.5) is 17.1 Å². The topological polar surface area (TPSA) is 13.1 Å². The van der Waals surface area contributed by atoms with Crippen molar-refractivity contribution in [1.82, 2.24) is 9.13 Å². The Hall–Kier alpha value is -8.66. The summed E-state index contributed by atoms with van der Waals surface area (Å²) in [4.78, 5) is 2.52. The van der Waals surface area contributed by atoms with Gasteiger partial charge in [-0.05, 0) is 141 Å². The van der Waals surface area contributed by atoms with E-state index in [2.05, 4.69) is 277 Å². The van der Waals surface area contributed by atoms with Crippen LogP contribution in [0.5, 0.6) is 0 Å². The van der Waals surface area contributed by atoms with Gasteiger partial charge >= 0.3 is 0 Å². The molecule has 12 aromatic rings. The van der Waals surface area contributed by atoms with Gasteiger partial charge in [-0.1, -0.05) is 172 Å². The summed E-state index contributed by atoms with van der Waals surface area (Å²) in [7, 11) is 0. The largest absolute Gasteiger partial charge is 0.317 e. The zero-order valence-corrected chi connectivity index (χ0v) is 38.5. The highest BCUT2D eigenvalue weighted by atomic mass is 15.1. The second-order valence-corrected chi connectivity index (χ2v) is 19.3. The molecule has 3 nitrogen and oxygen atoms in total. The molecule has 0 saturated heterocycles. The molecule has 2 heterocycles. The molecule has 0 aliphatic heterocycles. The minimum Gasteiger partial charge on any atom is -0.317 e. The number of benzene rings is 10. The standard InChI is InChI=1S/C66H47N3/c1-65(2)57-29-17-15-27-51(57)53-34-31-49(42-59(53)65)68(50-32-35-54-52-28-16-18-30-58(52)66(60(54)43-50,44-19-7-3-8-20-44)45-21-9-4-10-22-45)48-33-36-62-56(41-48)64-55-39-40-67(46-23-11-5-12-24-46)61(55)37-38-63(64)69(62)47-25-13-6-14-26-47/h3-43H,1-2H3. The van der Waals surface area contributed by atoms with E-state index in [-0.39, 0.29) is 5.41 Å². The quantitative estimate of drug-likeness (QED) is 0.155. The van der Waals surface area contributed by atoms with E-state index in [0.717, 1.165) is 28.4 Å². The van der Waals surface area contributed by atoms with E-state index in [1.165, 1.54) is 88.3 Å². The van der Waals surface area contributed by atoms with Crippen LogP contribution in [0.2, 0.25) is 0 Å². The fraction of sp³-hybridized carbons (Fsp3) is 0.0606. The lowest BCUT2D eigenvalue weighted by molar-refractivity contribution is 0.660. The van der Waals surface area contributed by atoms with Crippen molar-refractivity contribution in [2.45, 2.75) is 24.7 Å². The Bertz CT molecular complexity index is 3930. The highest BCUT2D eigenvalue weighted by Gasteiger charge is 2.46. The van der Waals surface area contributed by atoms with E-state index in [0.29, 0.717) is 0 Å². The van der Waals surface area contributed by atoms with Gasteiger partial charge in [-0.3, -0.25) is 0 Å². The third-order valence-electron chi connectivity index (χ3n) is 15.4. The monoisotopic (exact) mass is 881 g/mol. The number of hydrogen-bond acceptors (Lipinski definition) is 1. The van der Waals surface area contributed by atoms with Crippen molar-refractivity contribution in [2.24, 2.45) is 0 Å². The molecule has 0 fully saturated rings. The van der Waals surface area contributed by atoms with Crippen molar-refractivity contribution in [2.75, 3.05) is 4.90 Å². The van der Waals surface area contributed by atoms with Crippen LogP contribution in [-0.4, -0.2) is 9.13 Å². The van der Waals surface area contributed by atoms with Crippen molar-refractivity contribution in [1.29, 1.82) is 0 Å². The number of nitrogens with zero attached hydrogens (tertiary/aromatic N) is 3. The van der Waals surface area contributed by atoms with Gasteiger partial charge in [-0.25, -0.2) is 0 Å². The summed E-state index contributed by atoms with van der Waals surface area (Å²) in [5, 5.41) is 3.67. The number of rotatable bonds is 7. The maximum absolute atomic E-state index is 2.52. The molecule has 0 spiro atoms. The van der Waals surface area contributed by atoms with Crippen LogP contribution in [0.3, 0.4) is 0 Å². The van der Waals surface area contributed by atoms with Crippen LogP contribution in [0, 0.1) is 0 Å².